The van der Waals surface area contributed by atoms with Crippen LogP contribution in [0.2, 0.25) is 0 Å². The normalized spacial score (nSPS) is 17.9. The lowest BCUT2D eigenvalue weighted by Crippen LogP contribution is -2.39. The number of likely N-dealkylation sites (N-methyl/N-ethyl adjacent to an activating group) is 1. The van der Waals surface area contributed by atoms with Crippen LogP contribution in [0.3, 0.4) is 0 Å². The molecule has 21 heavy (non-hydrogen) atoms. The molecule has 0 radical (unpaired) electrons. The van der Waals surface area contributed by atoms with Crippen LogP contribution in [0.5, 0.6) is 0 Å². The van der Waals surface area contributed by atoms with Crippen molar-refractivity contribution in [2.75, 3.05) is 37.1 Å². The molecule has 1 aliphatic heterocycles. The van der Waals surface area contributed by atoms with Crippen LogP contribution < -0.4 is 10.2 Å². The molecule has 0 bridgehead atoms. The number of benzene rings is 1. The Balaban J connectivity index is 1.97. The maximum absolute atomic E-state index is 11.9. The van der Waals surface area contributed by atoms with Crippen molar-refractivity contribution in [2.45, 2.75) is 6.10 Å². The second-order valence-electron chi connectivity index (χ2n) is 4.57. The van der Waals surface area contributed by atoms with E-state index in [0.29, 0.717) is 18.9 Å². The molecule has 0 saturated carbocycles. The summed E-state index contributed by atoms with van der Waals surface area (Å²) in [5.74, 6) is -0.433. The van der Waals surface area contributed by atoms with Crippen LogP contribution >= 0.6 is 0 Å². The molecule has 1 fully saturated rings. The molecule has 1 aromatic carbocycles. The third kappa shape index (κ3) is 3.90. The molecule has 1 N–H and O–H groups in total. The van der Waals surface area contributed by atoms with Gasteiger partial charge in [0.05, 0.1) is 19.8 Å². The van der Waals surface area contributed by atoms with Gasteiger partial charge in [-0.25, -0.2) is 0 Å². The summed E-state index contributed by atoms with van der Waals surface area (Å²) in [4.78, 5) is 24.9. The average Bonchev–Trinajstić information content (AvgIpc) is 2.55. The zero-order chi connectivity index (χ0) is 15.2. The number of nitrogens with zero attached hydrogens (tertiary/aromatic N) is 1. The van der Waals surface area contributed by atoms with Crippen molar-refractivity contribution in [2.24, 2.45) is 0 Å². The number of hydrogen-bond donors (Lipinski definition) is 1. The highest BCUT2D eigenvalue weighted by Crippen LogP contribution is 2.17. The Morgan fingerprint density at radius 2 is 2.05 bits per heavy atom. The van der Waals surface area contributed by atoms with E-state index in [0.717, 1.165) is 5.69 Å². The van der Waals surface area contributed by atoms with E-state index in [2.05, 4.69) is 11.9 Å². The minimum absolute atomic E-state index is 0.195. The van der Waals surface area contributed by atoms with Crippen LogP contribution in [-0.4, -0.2) is 44.8 Å². The number of rotatable bonds is 4. The molecule has 112 valence electrons. The summed E-state index contributed by atoms with van der Waals surface area (Å²) >= 11 is 0. The molecule has 1 atom stereocenters. The van der Waals surface area contributed by atoms with Crippen molar-refractivity contribution in [1.29, 1.82) is 0 Å². The molecule has 1 aromatic rings. The van der Waals surface area contributed by atoms with Crippen molar-refractivity contribution in [3.63, 3.8) is 0 Å². The first-order valence-corrected chi connectivity index (χ1v) is 6.62. The number of ether oxygens (including phenoxy) is 2. The Kier molecular flexibility index (Phi) is 5.08. The Morgan fingerprint density at radius 3 is 2.62 bits per heavy atom. The van der Waals surface area contributed by atoms with Gasteiger partial charge in [0.2, 0.25) is 5.91 Å². The van der Waals surface area contributed by atoms with Gasteiger partial charge in [-0.2, -0.15) is 0 Å². The van der Waals surface area contributed by atoms with Gasteiger partial charge >= 0.3 is 0 Å². The summed E-state index contributed by atoms with van der Waals surface area (Å²) in [5, 5.41) is 2.75. The number of hydrogen-bond acceptors (Lipinski definition) is 4. The highest BCUT2D eigenvalue weighted by atomic mass is 16.6. The van der Waals surface area contributed by atoms with Crippen LogP contribution in [-0.2, 0) is 19.1 Å². The lowest BCUT2D eigenvalue weighted by molar-refractivity contribution is -0.142. The second kappa shape index (κ2) is 7.01. The van der Waals surface area contributed by atoms with Crippen LogP contribution in [0.1, 0.15) is 0 Å². The van der Waals surface area contributed by atoms with Crippen molar-refractivity contribution < 1.29 is 19.1 Å². The van der Waals surface area contributed by atoms with Crippen LogP contribution in [0, 0.1) is 0 Å². The van der Waals surface area contributed by atoms with Gasteiger partial charge in [-0.1, -0.05) is 6.58 Å². The number of amides is 2. The molecule has 1 saturated heterocycles. The lowest BCUT2D eigenvalue weighted by atomic mass is 10.2. The Labute approximate surface area is 123 Å². The molecular weight excluding hydrogens is 272 g/mol. The Morgan fingerprint density at radius 1 is 1.33 bits per heavy atom. The van der Waals surface area contributed by atoms with Crippen molar-refractivity contribution in [3.8, 4) is 0 Å². The average molecular weight is 290 g/mol. The third-order valence-electron chi connectivity index (χ3n) is 3.14. The molecular formula is C15H18N2O4. The molecule has 6 nitrogen and oxygen atoms in total. The largest absolute Gasteiger partial charge is 0.376 e. The number of anilines is 2. The fourth-order valence-electron chi connectivity index (χ4n) is 1.89. The quantitative estimate of drug-likeness (QED) is 0.846. The molecule has 6 heteroatoms. The predicted octanol–water partition coefficient (Wildman–Crippen LogP) is 1.19. The monoisotopic (exact) mass is 290 g/mol. The maximum Gasteiger partial charge on any atom is 0.255 e. The zero-order valence-corrected chi connectivity index (χ0v) is 11.9. The van der Waals surface area contributed by atoms with E-state index >= 15 is 0 Å². The van der Waals surface area contributed by atoms with Gasteiger partial charge in [0.25, 0.3) is 5.91 Å². The smallest absolute Gasteiger partial charge is 0.255 e. The molecule has 0 aromatic heterocycles. The minimum Gasteiger partial charge on any atom is -0.376 e. The highest BCUT2D eigenvalue weighted by molar-refractivity contribution is 6.01. The fraction of sp³-hybridized carbons (Fsp3) is 0.333. The highest BCUT2D eigenvalue weighted by Gasteiger charge is 2.22. The lowest BCUT2D eigenvalue weighted by Gasteiger charge is -2.22. The summed E-state index contributed by atoms with van der Waals surface area (Å²) < 4.78 is 10.5. The van der Waals surface area contributed by atoms with Crippen LogP contribution in [0.25, 0.3) is 0 Å². The molecule has 2 rings (SSSR count). The number of carbonyl (C=O) groups excluding carboxylic acids is 2. The predicted molar refractivity (Wildman–Crippen MR) is 79.2 cm³/mol. The summed E-state index contributed by atoms with van der Waals surface area (Å²) in [7, 11) is 1.66. The van der Waals surface area contributed by atoms with Gasteiger partial charge in [-0.3, -0.25) is 9.59 Å². The first-order valence-electron chi connectivity index (χ1n) is 6.62. The van der Waals surface area contributed by atoms with Gasteiger partial charge in [0.15, 0.2) is 6.10 Å². The van der Waals surface area contributed by atoms with Gasteiger partial charge in [-0.15, -0.1) is 0 Å². The van der Waals surface area contributed by atoms with Crippen molar-refractivity contribution >= 4 is 23.2 Å². The summed E-state index contributed by atoms with van der Waals surface area (Å²) in [6.45, 7) is 4.64. The van der Waals surface area contributed by atoms with Crippen LogP contribution in [0.15, 0.2) is 36.9 Å². The van der Waals surface area contributed by atoms with Crippen LogP contribution in [0.4, 0.5) is 11.4 Å². The Bertz CT molecular complexity index is 521. The van der Waals surface area contributed by atoms with Gasteiger partial charge < -0.3 is 19.7 Å². The SMILES string of the molecule is C=CC(=O)N(C)c1ccc(NC(=O)[C@@H]2COCCO2)cc1. The number of nitrogens with one attached hydrogen (secondary N) is 1. The third-order valence-corrected chi connectivity index (χ3v) is 3.14. The van der Waals surface area contributed by atoms with E-state index in [1.54, 1.807) is 31.3 Å². The Hall–Kier alpha value is -2.18. The maximum atomic E-state index is 11.9. The zero-order valence-electron chi connectivity index (χ0n) is 11.9. The molecule has 0 spiro atoms. The molecule has 0 aliphatic carbocycles. The van der Waals surface area contributed by atoms with Gasteiger partial charge in [0, 0.05) is 18.4 Å². The standard InChI is InChI=1S/C15H18N2O4/c1-3-14(18)17(2)12-6-4-11(5-7-12)16-15(19)13-10-20-8-9-21-13/h3-7,13H,1,8-10H2,2H3,(H,16,19)/t13-/m0/s1. The first kappa shape index (κ1) is 15.2. The van der Waals surface area contributed by atoms with E-state index in [1.807, 2.05) is 0 Å². The van der Waals surface area contributed by atoms with Gasteiger partial charge in [-0.05, 0) is 30.3 Å². The molecule has 1 heterocycles. The summed E-state index contributed by atoms with van der Waals surface area (Å²) in [6, 6.07) is 6.94. The molecule has 0 unspecified atom stereocenters. The summed E-state index contributed by atoms with van der Waals surface area (Å²) in [5.41, 5.74) is 1.35. The van der Waals surface area contributed by atoms with E-state index in [-0.39, 0.29) is 18.4 Å². The van der Waals surface area contributed by atoms with Crippen molar-refractivity contribution in [1.82, 2.24) is 0 Å². The van der Waals surface area contributed by atoms with Gasteiger partial charge in [0.1, 0.15) is 0 Å². The summed E-state index contributed by atoms with van der Waals surface area (Å²) in [6.07, 6.45) is 0.666. The van der Waals surface area contributed by atoms with E-state index in [9.17, 15) is 9.59 Å². The van der Waals surface area contributed by atoms with E-state index < -0.39 is 6.10 Å². The minimum atomic E-state index is -0.580. The topological polar surface area (TPSA) is 67.9 Å². The first-order chi connectivity index (χ1) is 10.1. The second-order valence-corrected chi connectivity index (χ2v) is 4.57. The van der Waals surface area contributed by atoms with Crippen molar-refractivity contribution in [3.05, 3.63) is 36.9 Å². The molecule has 2 amide bonds. The fourth-order valence-corrected chi connectivity index (χ4v) is 1.89. The van der Waals surface area contributed by atoms with E-state index in [1.165, 1.54) is 11.0 Å². The molecule has 1 aliphatic rings. The number of carbonyl (C=O) groups is 2. The van der Waals surface area contributed by atoms with E-state index in [4.69, 9.17) is 9.47 Å².